The van der Waals surface area contributed by atoms with Crippen LogP contribution < -0.4 is 15.5 Å². The van der Waals surface area contributed by atoms with Crippen LogP contribution in [-0.4, -0.2) is 81.1 Å². The van der Waals surface area contributed by atoms with Gasteiger partial charge in [-0.2, -0.15) is 5.10 Å². The van der Waals surface area contributed by atoms with Crippen LogP contribution in [0.3, 0.4) is 0 Å². The Labute approximate surface area is 272 Å². The third-order valence-corrected chi connectivity index (χ3v) is 8.78. The molecular weight excluding hydrogens is 610 g/mol. The van der Waals surface area contributed by atoms with Gasteiger partial charge in [-0.15, -0.1) is 11.3 Å². The first kappa shape index (κ1) is 33.7. The molecule has 1 aliphatic carbocycles. The van der Waals surface area contributed by atoms with Crippen molar-refractivity contribution in [1.82, 2.24) is 20.6 Å². The largest absolute Gasteiger partial charge is 0.491 e. The van der Waals surface area contributed by atoms with E-state index in [1.807, 2.05) is 49.4 Å². The Bertz CT molecular complexity index is 1680. The summed E-state index contributed by atoms with van der Waals surface area (Å²) in [6.45, 7) is 8.96. The molecule has 2 N–H and O–H groups in total. The first-order valence-electron chi connectivity index (χ1n) is 14.6. The number of allylic oxidation sites excluding steroid dienone is 2. The predicted octanol–water partition coefficient (Wildman–Crippen LogP) is 5.85. The molecule has 0 saturated heterocycles. The van der Waals surface area contributed by atoms with Crippen molar-refractivity contribution >= 4 is 64.5 Å². The number of benzene rings is 1. The summed E-state index contributed by atoms with van der Waals surface area (Å²) in [5.74, 6) is 1.48. The number of carbonyl (C=O) groups is 2. The number of carbonyl (C=O) groups excluding carboxylic acids is 2. The Morgan fingerprint density at radius 3 is 2.82 bits per heavy atom. The molecule has 1 unspecified atom stereocenters. The SMILES string of the molecule is C=N/C(=C\C=N/NC)CNC1CCC(N=C(C)N(C)CCOc2ccc(Cl)cc2-c2cc(C)nc3c(C=O)csc23)=C(C=O)C1. The average Bonchev–Trinajstić information content (AvgIpc) is 3.46. The lowest BCUT2D eigenvalue weighted by molar-refractivity contribution is -0.105. The molecule has 0 saturated carbocycles. The number of aryl methyl sites for hydroxylation is 1. The van der Waals surface area contributed by atoms with Gasteiger partial charge in [-0.3, -0.25) is 19.6 Å². The number of fused-ring (bicyclic) bond motifs is 1. The summed E-state index contributed by atoms with van der Waals surface area (Å²) in [7, 11) is 3.68. The van der Waals surface area contributed by atoms with Crippen LogP contribution >= 0.6 is 22.9 Å². The van der Waals surface area contributed by atoms with Gasteiger partial charge in [0, 0.05) is 71.4 Å². The van der Waals surface area contributed by atoms with Crippen molar-refractivity contribution in [3.8, 4) is 16.9 Å². The normalized spacial score (nSPS) is 15.9. The summed E-state index contributed by atoms with van der Waals surface area (Å²) >= 11 is 7.88. The van der Waals surface area contributed by atoms with Gasteiger partial charge in [-0.25, -0.2) is 4.99 Å². The number of rotatable bonds is 14. The molecule has 2 heterocycles. The second-order valence-electron chi connectivity index (χ2n) is 10.6. The second-order valence-corrected chi connectivity index (χ2v) is 11.9. The summed E-state index contributed by atoms with van der Waals surface area (Å²) in [4.78, 5) is 39.0. The number of amidine groups is 1. The van der Waals surface area contributed by atoms with E-state index in [9.17, 15) is 9.59 Å². The first-order chi connectivity index (χ1) is 21.8. The minimum Gasteiger partial charge on any atom is -0.491 e. The number of hydrogen-bond acceptors (Lipinski definition) is 10. The number of pyridine rings is 1. The van der Waals surface area contributed by atoms with Gasteiger partial charge < -0.3 is 20.4 Å². The molecule has 0 spiro atoms. The van der Waals surface area contributed by atoms with Gasteiger partial charge in [0.2, 0.25) is 0 Å². The molecule has 2 aromatic heterocycles. The van der Waals surface area contributed by atoms with Crippen molar-refractivity contribution in [1.29, 1.82) is 0 Å². The van der Waals surface area contributed by atoms with Gasteiger partial charge >= 0.3 is 0 Å². The number of nitrogens with one attached hydrogen (secondary N) is 2. The van der Waals surface area contributed by atoms with Gasteiger partial charge in [0.25, 0.3) is 0 Å². The van der Waals surface area contributed by atoms with Gasteiger partial charge in [-0.05, 0) is 70.2 Å². The van der Waals surface area contributed by atoms with Crippen LogP contribution in [0, 0.1) is 6.92 Å². The first-order valence-corrected chi connectivity index (χ1v) is 15.8. The zero-order valence-corrected chi connectivity index (χ0v) is 27.5. The lowest BCUT2D eigenvalue weighted by Crippen LogP contribution is -2.34. The van der Waals surface area contributed by atoms with Crippen LogP contribution in [0.4, 0.5) is 0 Å². The predicted molar refractivity (Wildman–Crippen MR) is 185 cm³/mol. The fourth-order valence-electron chi connectivity index (χ4n) is 5.00. The lowest BCUT2D eigenvalue weighted by atomic mass is 9.92. The molecule has 0 aliphatic heterocycles. The zero-order chi connectivity index (χ0) is 32.3. The molecule has 1 aromatic carbocycles. The van der Waals surface area contributed by atoms with E-state index < -0.39 is 0 Å². The van der Waals surface area contributed by atoms with Crippen LogP contribution in [0.1, 0.15) is 42.2 Å². The number of hydrazone groups is 1. The Morgan fingerprint density at radius 1 is 1.27 bits per heavy atom. The highest BCUT2D eigenvalue weighted by Crippen LogP contribution is 2.40. The number of likely N-dealkylation sites (N-methyl/N-ethyl adjacent to an activating group) is 1. The summed E-state index contributed by atoms with van der Waals surface area (Å²) in [6, 6.07) is 7.67. The molecule has 45 heavy (non-hydrogen) atoms. The monoisotopic (exact) mass is 647 g/mol. The smallest absolute Gasteiger partial charge is 0.153 e. The van der Waals surface area contributed by atoms with Gasteiger partial charge in [-0.1, -0.05) is 11.6 Å². The molecule has 236 valence electrons. The third kappa shape index (κ3) is 8.72. The average molecular weight is 648 g/mol. The van der Waals surface area contributed by atoms with Crippen LogP contribution in [0.15, 0.2) is 67.8 Å². The number of hydrogen-bond donors (Lipinski definition) is 2. The van der Waals surface area contributed by atoms with Crippen LogP contribution in [-0.2, 0) is 4.79 Å². The number of nitrogens with zero attached hydrogens (tertiary/aromatic N) is 5. The fraction of sp³-hybridized carbons (Fsp3) is 0.333. The van der Waals surface area contributed by atoms with Gasteiger partial charge in [0.05, 0.1) is 28.0 Å². The van der Waals surface area contributed by atoms with Crippen LogP contribution in [0.2, 0.25) is 5.02 Å². The van der Waals surface area contributed by atoms with E-state index in [1.54, 1.807) is 25.4 Å². The Morgan fingerprint density at radius 2 is 2.09 bits per heavy atom. The summed E-state index contributed by atoms with van der Waals surface area (Å²) in [6.07, 6.45) is 7.30. The van der Waals surface area contributed by atoms with E-state index >= 15 is 0 Å². The molecule has 0 amide bonds. The molecule has 4 rings (SSSR count). The Balaban J connectivity index is 1.41. The van der Waals surface area contributed by atoms with Gasteiger partial charge in [0.15, 0.2) is 6.29 Å². The summed E-state index contributed by atoms with van der Waals surface area (Å²) < 4.78 is 7.19. The number of aldehydes is 2. The molecule has 1 aliphatic rings. The molecular formula is C33H38ClN7O3S. The highest BCUT2D eigenvalue weighted by molar-refractivity contribution is 7.18. The maximum atomic E-state index is 12.0. The molecule has 0 fully saturated rings. The van der Waals surface area contributed by atoms with Crippen molar-refractivity contribution in [3.63, 3.8) is 0 Å². The molecule has 0 bridgehead atoms. The van der Waals surface area contributed by atoms with E-state index in [-0.39, 0.29) is 6.04 Å². The number of aromatic nitrogens is 1. The minimum absolute atomic E-state index is 0.139. The van der Waals surface area contributed by atoms with E-state index in [1.165, 1.54) is 11.3 Å². The number of thiophene rings is 1. The second kappa shape index (κ2) is 16.2. The maximum Gasteiger partial charge on any atom is 0.153 e. The third-order valence-electron chi connectivity index (χ3n) is 7.52. The number of ether oxygens (including phenoxy) is 1. The summed E-state index contributed by atoms with van der Waals surface area (Å²) in [5.41, 5.74) is 8.79. The van der Waals surface area contributed by atoms with Crippen molar-refractivity contribution < 1.29 is 14.3 Å². The molecule has 10 nitrogen and oxygen atoms in total. The van der Waals surface area contributed by atoms with E-state index in [4.69, 9.17) is 21.3 Å². The zero-order valence-electron chi connectivity index (χ0n) is 26.0. The Kier molecular flexibility index (Phi) is 12.1. The minimum atomic E-state index is 0.139. The van der Waals surface area contributed by atoms with Crippen molar-refractivity contribution in [2.24, 2.45) is 15.1 Å². The molecule has 0 radical (unpaired) electrons. The highest BCUT2D eigenvalue weighted by atomic mass is 35.5. The molecule has 1 atom stereocenters. The highest BCUT2D eigenvalue weighted by Gasteiger charge is 2.21. The van der Waals surface area contributed by atoms with E-state index in [2.05, 4.69) is 32.5 Å². The van der Waals surface area contributed by atoms with Crippen LogP contribution in [0.25, 0.3) is 21.3 Å². The molecule has 3 aromatic rings. The fourth-order valence-corrected chi connectivity index (χ4v) is 6.16. The molecule has 12 heteroatoms. The van der Waals surface area contributed by atoms with Crippen molar-refractivity contribution in [3.05, 3.63) is 69.0 Å². The van der Waals surface area contributed by atoms with E-state index in [0.29, 0.717) is 60.0 Å². The lowest BCUT2D eigenvalue weighted by Gasteiger charge is -2.26. The van der Waals surface area contributed by atoms with Crippen molar-refractivity contribution in [2.45, 2.75) is 39.2 Å². The topological polar surface area (TPSA) is 121 Å². The maximum absolute atomic E-state index is 12.0. The van der Waals surface area contributed by atoms with Crippen LogP contribution in [0.5, 0.6) is 5.75 Å². The van der Waals surface area contributed by atoms with Crippen molar-refractivity contribution in [2.75, 3.05) is 33.8 Å². The number of halogens is 1. The van der Waals surface area contributed by atoms with E-state index in [0.717, 1.165) is 57.7 Å². The quantitative estimate of drug-likeness (QED) is 0.0974. The number of aliphatic imine (C=N–C) groups is 2. The van der Waals surface area contributed by atoms with Gasteiger partial charge in [0.1, 0.15) is 24.5 Å². The standard InChI is InChI=1S/C33H38ClN7O3S/c1-21-14-29(33-32(39-21)24(19-43)20-45-33)28-16-25(34)6-9-31(28)44-13-12-41(5)22(2)40-30-8-7-26(15-23(30)18-42)37-17-27(35-3)10-11-38-36-4/h6,9-11,14,16,18-20,26,36-37H,3,7-8,12-13,15,17H2,1-2,4-5H3/b27-10-,38-11-,40-22?. The Hall–Kier alpha value is -4.19. The summed E-state index contributed by atoms with van der Waals surface area (Å²) in [5, 5.41) is 9.81.